The number of nitrogens with zero attached hydrogens (tertiary/aromatic N) is 4. The standard InChI is InChI=1S/C13H12BrN5O/c1-8-4-12(19-13(18-8)16-7-17-19)15-6-9-2-3-11(20)10(14)5-9/h2-5,7,15,20H,6H2,1H3. The van der Waals surface area contributed by atoms with Crippen LogP contribution in [0, 0.1) is 6.92 Å². The van der Waals surface area contributed by atoms with E-state index in [4.69, 9.17) is 0 Å². The highest BCUT2D eigenvalue weighted by Gasteiger charge is 2.06. The van der Waals surface area contributed by atoms with E-state index in [2.05, 4.69) is 36.3 Å². The fraction of sp³-hybridized carbons (Fsp3) is 0.154. The SMILES string of the molecule is Cc1cc(NCc2ccc(O)c(Br)c2)n2ncnc2n1. The van der Waals surface area contributed by atoms with E-state index in [1.54, 1.807) is 10.6 Å². The molecule has 0 saturated heterocycles. The van der Waals surface area contributed by atoms with Crippen LogP contribution in [0.25, 0.3) is 5.78 Å². The molecular formula is C13H12BrN5O. The molecule has 3 rings (SSSR count). The number of hydrogen-bond donors (Lipinski definition) is 2. The lowest BCUT2D eigenvalue weighted by molar-refractivity contribution is 0.471. The van der Waals surface area contributed by atoms with E-state index in [0.717, 1.165) is 17.1 Å². The van der Waals surface area contributed by atoms with Gasteiger partial charge in [0.2, 0.25) is 0 Å². The Morgan fingerprint density at radius 2 is 2.20 bits per heavy atom. The summed E-state index contributed by atoms with van der Waals surface area (Å²) in [6, 6.07) is 7.30. The summed E-state index contributed by atoms with van der Waals surface area (Å²) in [4.78, 5) is 8.37. The number of aromatic nitrogens is 4. The molecule has 0 saturated carbocycles. The molecule has 0 fully saturated rings. The number of aryl methyl sites for hydroxylation is 1. The number of phenols is 1. The number of fused-ring (bicyclic) bond motifs is 1. The number of nitrogens with one attached hydrogen (secondary N) is 1. The van der Waals surface area contributed by atoms with Gasteiger partial charge in [-0.3, -0.25) is 0 Å². The van der Waals surface area contributed by atoms with Gasteiger partial charge >= 0.3 is 0 Å². The minimum atomic E-state index is 0.229. The maximum atomic E-state index is 9.48. The Morgan fingerprint density at radius 3 is 3.00 bits per heavy atom. The molecule has 0 bridgehead atoms. The highest BCUT2D eigenvalue weighted by atomic mass is 79.9. The molecule has 102 valence electrons. The van der Waals surface area contributed by atoms with Crippen molar-refractivity contribution in [1.29, 1.82) is 0 Å². The molecule has 3 aromatic rings. The van der Waals surface area contributed by atoms with Crippen molar-refractivity contribution >= 4 is 27.5 Å². The molecule has 0 atom stereocenters. The third kappa shape index (κ3) is 2.44. The number of rotatable bonds is 3. The summed E-state index contributed by atoms with van der Waals surface area (Å²) in [5.74, 6) is 1.63. The van der Waals surface area contributed by atoms with Gasteiger partial charge in [0, 0.05) is 18.3 Å². The number of aromatic hydroxyl groups is 1. The minimum Gasteiger partial charge on any atom is -0.507 e. The van der Waals surface area contributed by atoms with E-state index in [1.165, 1.54) is 6.33 Å². The molecule has 2 aromatic heterocycles. The van der Waals surface area contributed by atoms with Crippen LogP contribution in [0.15, 0.2) is 35.1 Å². The van der Waals surface area contributed by atoms with Crippen molar-refractivity contribution in [2.75, 3.05) is 5.32 Å². The van der Waals surface area contributed by atoms with Gasteiger partial charge in [-0.15, -0.1) is 0 Å². The van der Waals surface area contributed by atoms with Crippen LogP contribution in [0.1, 0.15) is 11.3 Å². The second kappa shape index (κ2) is 5.09. The number of anilines is 1. The predicted octanol–water partition coefficient (Wildman–Crippen LogP) is 2.51. The van der Waals surface area contributed by atoms with Crippen LogP contribution in [0.5, 0.6) is 5.75 Å². The topological polar surface area (TPSA) is 75.3 Å². The molecule has 0 radical (unpaired) electrons. The molecule has 0 aliphatic heterocycles. The van der Waals surface area contributed by atoms with Gasteiger partial charge in [0.25, 0.3) is 5.78 Å². The van der Waals surface area contributed by atoms with Crippen molar-refractivity contribution in [1.82, 2.24) is 19.6 Å². The quantitative estimate of drug-likeness (QED) is 0.770. The lowest BCUT2D eigenvalue weighted by Gasteiger charge is -2.09. The fourth-order valence-electron chi connectivity index (χ4n) is 1.91. The zero-order valence-corrected chi connectivity index (χ0v) is 12.3. The second-order valence-corrected chi connectivity index (χ2v) is 5.25. The van der Waals surface area contributed by atoms with Crippen molar-refractivity contribution in [2.24, 2.45) is 0 Å². The Bertz CT molecular complexity index is 771. The van der Waals surface area contributed by atoms with Crippen LogP contribution in [0.3, 0.4) is 0 Å². The third-order valence-corrected chi connectivity index (χ3v) is 3.50. The predicted molar refractivity (Wildman–Crippen MR) is 78.7 cm³/mol. The zero-order valence-electron chi connectivity index (χ0n) is 10.7. The van der Waals surface area contributed by atoms with Crippen molar-refractivity contribution in [3.63, 3.8) is 0 Å². The molecule has 0 aliphatic carbocycles. The van der Waals surface area contributed by atoms with Gasteiger partial charge < -0.3 is 10.4 Å². The highest BCUT2D eigenvalue weighted by Crippen LogP contribution is 2.24. The van der Waals surface area contributed by atoms with Crippen LogP contribution in [-0.2, 0) is 6.54 Å². The average Bonchev–Trinajstić information content (AvgIpc) is 2.88. The van der Waals surface area contributed by atoms with Crippen molar-refractivity contribution < 1.29 is 5.11 Å². The molecule has 7 heteroatoms. The van der Waals surface area contributed by atoms with E-state index < -0.39 is 0 Å². The Kier molecular flexibility index (Phi) is 3.27. The van der Waals surface area contributed by atoms with Crippen molar-refractivity contribution in [3.05, 3.63) is 46.3 Å². The van der Waals surface area contributed by atoms with E-state index >= 15 is 0 Å². The molecular weight excluding hydrogens is 322 g/mol. The summed E-state index contributed by atoms with van der Waals surface area (Å²) < 4.78 is 2.33. The molecule has 0 spiro atoms. The number of hydrogen-bond acceptors (Lipinski definition) is 5. The van der Waals surface area contributed by atoms with E-state index in [9.17, 15) is 5.11 Å². The van der Waals surface area contributed by atoms with Crippen molar-refractivity contribution in [3.8, 4) is 5.75 Å². The van der Waals surface area contributed by atoms with Gasteiger partial charge in [0.15, 0.2) is 0 Å². The van der Waals surface area contributed by atoms with Gasteiger partial charge in [0.1, 0.15) is 17.9 Å². The van der Waals surface area contributed by atoms with Crippen LogP contribution in [0.4, 0.5) is 5.82 Å². The molecule has 2 N–H and O–H groups in total. The Labute approximate surface area is 123 Å². The van der Waals surface area contributed by atoms with Crippen LogP contribution in [0.2, 0.25) is 0 Å². The zero-order chi connectivity index (χ0) is 14.1. The smallest absolute Gasteiger partial charge is 0.254 e. The largest absolute Gasteiger partial charge is 0.507 e. The number of phenolic OH excluding ortho intramolecular Hbond substituents is 1. The lowest BCUT2D eigenvalue weighted by Crippen LogP contribution is -2.06. The monoisotopic (exact) mass is 333 g/mol. The summed E-state index contributed by atoms with van der Waals surface area (Å²) in [6.45, 7) is 2.52. The lowest BCUT2D eigenvalue weighted by atomic mass is 10.2. The normalized spacial score (nSPS) is 10.9. The highest BCUT2D eigenvalue weighted by molar-refractivity contribution is 9.10. The molecule has 0 aliphatic rings. The Balaban J connectivity index is 1.86. The minimum absolute atomic E-state index is 0.229. The molecule has 0 unspecified atom stereocenters. The first-order chi connectivity index (χ1) is 9.63. The third-order valence-electron chi connectivity index (χ3n) is 2.87. The van der Waals surface area contributed by atoms with Gasteiger partial charge in [-0.1, -0.05) is 6.07 Å². The van der Waals surface area contributed by atoms with E-state index in [0.29, 0.717) is 16.8 Å². The van der Waals surface area contributed by atoms with E-state index in [-0.39, 0.29) is 5.75 Å². The first kappa shape index (κ1) is 12.9. The van der Waals surface area contributed by atoms with Gasteiger partial charge in [-0.05, 0) is 40.5 Å². The molecule has 1 aromatic carbocycles. The maximum Gasteiger partial charge on any atom is 0.254 e. The average molecular weight is 334 g/mol. The number of benzene rings is 1. The Hall–Kier alpha value is -2.15. The molecule has 2 heterocycles. The van der Waals surface area contributed by atoms with Crippen LogP contribution >= 0.6 is 15.9 Å². The van der Waals surface area contributed by atoms with Gasteiger partial charge in [0.05, 0.1) is 4.47 Å². The van der Waals surface area contributed by atoms with Crippen molar-refractivity contribution in [2.45, 2.75) is 13.5 Å². The molecule has 0 amide bonds. The van der Waals surface area contributed by atoms with Crippen LogP contribution < -0.4 is 5.32 Å². The summed E-state index contributed by atoms with van der Waals surface area (Å²) in [5.41, 5.74) is 1.91. The summed E-state index contributed by atoms with van der Waals surface area (Å²) >= 11 is 3.30. The summed E-state index contributed by atoms with van der Waals surface area (Å²) in [6.07, 6.45) is 1.48. The number of halogens is 1. The summed E-state index contributed by atoms with van der Waals surface area (Å²) in [7, 11) is 0. The van der Waals surface area contributed by atoms with E-state index in [1.807, 2.05) is 25.1 Å². The van der Waals surface area contributed by atoms with Gasteiger partial charge in [-0.2, -0.15) is 14.6 Å². The molecule has 20 heavy (non-hydrogen) atoms. The Morgan fingerprint density at radius 1 is 1.35 bits per heavy atom. The van der Waals surface area contributed by atoms with Crippen LogP contribution in [-0.4, -0.2) is 24.7 Å². The second-order valence-electron chi connectivity index (χ2n) is 4.39. The maximum absolute atomic E-state index is 9.48. The first-order valence-corrected chi connectivity index (χ1v) is 6.81. The first-order valence-electron chi connectivity index (χ1n) is 6.02. The fourth-order valence-corrected chi connectivity index (χ4v) is 2.34. The van der Waals surface area contributed by atoms with Gasteiger partial charge in [-0.25, -0.2) is 4.98 Å². The molecule has 6 nitrogen and oxygen atoms in total. The summed E-state index contributed by atoms with van der Waals surface area (Å²) in [5, 5.41) is 16.9.